The summed E-state index contributed by atoms with van der Waals surface area (Å²) in [6, 6.07) is 9.80. The number of anilines is 1. The van der Waals surface area contributed by atoms with E-state index >= 15 is 0 Å². The first-order valence-corrected chi connectivity index (χ1v) is 6.04. The summed E-state index contributed by atoms with van der Waals surface area (Å²) in [5, 5.41) is 8.92. The molecule has 0 atom stereocenters. The summed E-state index contributed by atoms with van der Waals surface area (Å²) >= 11 is 0. The number of rotatable bonds is 8. The van der Waals surface area contributed by atoms with Crippen LogP contribution in [0.2, 0.25) is 0 Å². The fourth-order valence-electron chi connectivity index (χ4n) is 1.74. The van der Waals surface area contributed by atoms with Crippen molar-refractivity contribution in [3.05, 3.63) is 29.8 Å². The Bertz CT molecular complexity index is 388. The Balaban J connectivity index is 2.70. The number of ether oxygens (including phenoxy) is 2. The van der Waals surface area contributed by atoms with Crippen molar-refractivity contribution in [3.63, 3.8) is 0 Å². The highest BCUT2D eigenvalue weighted by Crippen LogP contribution is 2.16. The molecule has 1 aromatic carbocycles. The average molecular weight is 248 g/mol. The SMILES string of the molecule is COCCCN(CCOC)c1cccc(C#N)c1. The van der Waals surface area contributed by atoms with Gasteiger partial charge < -0.3 is 14.4 Å². The highest BCUT2D eigenvalue weighted by molar-refractivity contribution is 5.51. The Morgan fingerprint density at radius 3 is 2.61 bits per heavy atom. The fourth-order valence-corrected chi connectivity index (χ4v) is 1.74. The second-order valence-corrected chi connectivity index (χ2v) is 3.99. The maximum Gasteiger partial charge on any atom is 0.0992 e. The largest absolute Gasteiger partial charge is 0.385 e. The van der Waals surface area contributed by atoms with Gasteiger partial charge in [0, 0.05) is 39.6 Å². The lowest BCUT2D eigenvalue weighted by Gasteiger charge is -2.24. The molecule has 98 valence electrons. The lowest BCUT2D eigenvalue weighted by molar-refractivity contribution is 0.191. The van der Waals surface area contributed by atoms with Gasteiger partial charge in [-0.2, -0.15) is 5.26 Å². The molecule has 0 bridgehead atoms. The van der Waals surface area contributed by atoms with E-state index in [4.69, 9.17) is 14.7 Å². The second-order valence-electron chi connectivity index (χ2n) is 3.99. The number of hydrogen-bond donors (Lipinski definition) is 0. The van der Waals surface area contributed by atoms with Gasteiger partial charge in [0.1, 0.15) is 0 Å². The third kappa shape index (κ3) is 4.74. The van der Waals surface area contributed by atoms with Gasteiger partial charge in [-0.05, 0) is 24.6 Å². The molecule has 0 spiro atoms. The molecule has 0 fully saturated rings. The predicted molar refractivity (Wildman–Crippen MR) is 71.7 cm³/mol. The van der Waals surface area contributed by atoms with Crippen molar-refractivity contribution in [2.24, 2.45) is 0 Å². The van der Waals surface area contributed by atoms with Gasteiger partial charge in [0.2, 0.25) is 0 Å². The summed E-state index contributed by atoms with van der Waals surface area (Å²) in [5.74, 6) is 0. The van der Waals surface area contributed by atoms with Gasteiger partial charge in [-0.25, -0.2) is 0 Å². The van der Waals surface area contributed by atoms with E-state index in [2.05, 4.69) is 11.0 Å². The molecule has 0 aliphatic rings. The van der Waals surface area contributed by atoms with Gasteiger partial charge >= 0.3 is 0 Å². The van der Waals surface area contributed by atoms with Crippen molar-refractivity contribution >= 4 is 5.69 Å². The molecular formula is C14H20N2O2. The van der Waals surface area contributed by atoms with E-state index < -0.39 is 0 Å². The van der Waals surface area contributed by atoms with Gasteiger partial charge in [0.25, 0.3) is 0 Å². The summed E-state index contributed by atoms with van der Waals surface area (Å²) < 4.78 is 10.2. The average Bonchev–Trinajstić information content (AvgIpc) is 2.42. The van der Waals surface area contributed by atoms with Crippen LogP contribution in [-0.4, -0.2) is 40.5 Å². The maximum absolute atomic E-state index is 8.92. The molecule has 0 saturated carbocycles. The van der Waals surface area contributed by atoms with Crippen LogP contribution in [0.25, 0.3) is 0 Å². The minimum absolute atomic E-state index is 0.670. The predicted octanol–water partition coefficient (Wildman–Crippen LogP) is 2.05. The summed E-state index contributed by atoms with van der Waals surface area (Å²) in [7, 11) is 3.40. The summed E-state index contributed by atoms with van der Waals surface area (Å²) in [4.78, 5) is 2.21. The van der Waals surface area contributed by atoms with Crippen molar-refractivity contribution in [1.82, 2.24) is 0 Å². The van der Waals surface area contributed by atoms with Gasteiger partial charge in [-0.1, -0.05) is 6.07 Å². The van der Waals surface area contributed by atoms with Crippen LogP contribution in [0.4, 0.5) is 5.69 Å². The van der Waals surface area contributed by atoms with Crippen LogP contribution >= 0.6 is 0 Å². The zero-order valence-corrected chi connectivity index (χ0v) is 11.1. The van der Waals surface area contributed by atoms with Crippen molar-refractivity contribution in [1.29, 1.82) is 5.26 Å². The Hall–Kier alpha value is -1.57. The minimum atomic E-state index is 0.670. The topological polar surface area (TPSA) is 45.5 Å². The molecular weight excluding hydrogens is 228 g/mol. The molecule has 0 radical (unpaired) electrons. The maximum atomic E-state index is 8.92. The lowest BCUT2D eigenvalue weighted by Crippen LogP contribution is -2.29. The molecule has 0 aromatic heterocycles. The monoisotopic (exact) mass is 248 g/mol. The van der Waals surface area contributed by atoms with Gasteiger partial charge in [0.05, 0.1) is 18.2 Å². The van der Waals surface area contributed by atoms with E-state index in [0.29, 0.717) is 12.2 Å². The fraction of sp³-hybridized carbons (Fsp3) is 0.500. The first kappa shape index (κ1) is 14.5. The van der Waals surface area contributed by atoms with Crippen LogP contribution in [-0.2, 0) is 9.47 Å². The highest BCUT2D eigenvalue weighted by Gasteiger charge is 2.06. The second kappa shape index (κ2) is 8.51. The summed E-state index contributed by atoms with van der Waals surface area (Å²) in [5.41, 5.74) is 1.74. The number of methoxy groups -OCH3 is 2. The standard InChI is InChI=1S/C14H20N2O2/c1-17-9-4-7-16(8-10-18-2)14-6-3-5-13(11-14)12-15/h3,5-6,11H,4,7-10H2,1-2H3. The molecule has 0 N–H and O–H groups in total. The van der Waals surface area contributed by atoms with Gasteiger partial charge in [-0.3, -0.25) is 0 Å². The molecule has 0 aliphatic heterocycles. The van der Waals surface area contributed by atoms with Gasteiger partial charge in [0.15, 0.2) is 0 Å². The Morgan fingerprint density at radius 2 is 1.94 bits per heavy atom. The zero-order valence-electron chi connectivity index (χ0n) is 11.1. The molecule has 0 amide bonds. The number of nitriles is 1. The van der Waals surface area contributed by atoms with E-state index in [1.807, 2.05) is 24.3 Å². The molecule has 0 saturated heterocycles. The summed E-state index contributed by atoms with van der Waals surface area (Å²) in [6.07, 6.45) is 0.955. The highest BCUT2D eigenvalue weighted by atomic mass is 16.5. The smallest absolute Gasteiger partial charge is 0.0992 e. The third-order valence-electron chi connectivity index (χ3n) is 2.68. The Labute approximate surface area is 109 Å². The molecule has 18 heavy (non-hydrogen) atoms. The molecule has 0 unspecified atom stereocenters. The normalized spacial score (nSPS) is 10.1. The zero-order chi connectivity index (χ0) is 13.2. The first-order chi connectivity index (χ1) is 8.81. The quantitative estimate of drug-likeness (QED) is 0.660. The Morgan fingerprint density at radius 1 is 1.17 bits per heavy atom. The molecule has 1 rings (SSSR count). The first-order valence-electron chi connectivity index (χ1n) is 6.04. The van der Waals surface area contributed by atoms with Crippen molar-refractivity contribution in [2.45, 2.75) is 6.42 Å². The molecule has 0 heterocycles. The van der Waals surface area contributed by atoms with Crippen LogP contribution in [0.1, 0.15) is 12.0 Å². The van der Waals surface area contributed by atoms with Crippen LogP contribution in [0, 0.1) is 11.3 Å². The van der Waals surface area contributed by atoms with E-state index in [-0.39, 0.29) is 0 Å². The number of hydrogen-bond acceptors (Lipinski definition) is 4. The van der Waals surface area contributed by atoms with E-state index in [9.17, 15) is 0 Å². The molecule has 1 aromatic rings. The minimum Gasteiger partial charge on any atom is -0.385 e. The van der Waals surface area contributed by atoms with Crippen LogP contribution < -0.4 is 4.90 Å². The van der Waals surface area contributed by atoms with Crippen LogP contribution in [0.15, 0.2) is 24.3 Å². The van der Waals surface area contributed by atoms with Gasteiger partial charge in [-0.15, -0.1) is 0 Å². The lowest BCUT2D eigenvalue weighted by atomic mass is 10.2. The van der Waals surface area contributed by atoms with Crippen molar-refractivity contribution < 1.29 is 9.47 Å². The van der Waals surface area contributed by atoms with Crippen LogP contribution in [0.5, 0.6) is 0 Å². The number of nitrogens with zero attached hydrogens (tertiary/aromatic N) is 2. The van der Waals surface area contributed by atoms with Crippen molar-refractivity contribution in [2.75, 3.05) is 45.4 Å². The summed E-state index contributed by atoms with van der Waals surface area (Å²) in [6.45, 7) is 3.12. The molecule has 0 aliphatic carbocycles. The molecule has 4 nitrogen and oxygen atoms in total. The number of benzene rings is 1. The molecule has 4 heteroatoms. The van der Waals surface area contributed by atoms with Crippen molar-refractivity contribution in [3.8, 4) is 6.07 Å². The van der Waals surface area contributed by atoms with E-state index in [1.54, 1.807) is 14.2 Å². The van der Waals surface area contributed by atoms with E-state index in [1.165, 1.54) is 0 Å². The Kier molecular flexibility index (Phi) is 6.85. The van der Waals surface area contributed by atoms with E-state index in [0.717, 1.165) is 31.8 Å². The third-order valence-corrected chi connectivity index (χ3v) is 2.68. The van der Waals surface area contributed by atoms with Crippen LogP contribution in [0.3, 0.4) is 0 Å².